The zero-order valence-electron chi connectivity index (χ0n) is 41.0. The van der Waals surface area contributed by atoms with Gasteiger partial charge in [0, 0.05) is 54.2 Å². The van der Waals surface area contributed by atoms with Gasteiger partial charge in [0.2, 0.25) is 0 Å². The molecule has 346 valence electrons. The number of benzene rings is 6. The number of nitrogens with one attached hydrogen (secondary N) is 2. The van der Waals surface area contributed by atoms with Crippen molar-refractivity contribution in [2.75, 3.05) is 0 Å². The molecule has 0 fully saturated rings. The second-order valence-corrected chi connectivity index (χ2v) is 20.3. The van der Waals surface area contributed by atoms with E-state index >= 15 is 0 Å². The van der Waals surface area contributed by atoms with E-state index < -0.39 is 0 Å². The molecular weight excluding hydrogens is 853 g/mol. The van der Waals surface area contributed by atoms with Gasteiger partial charge < -0.3 is 14.5 Å². The molecule has 11 aromatic rings. The number of aromatic amines is 2. The maximum atomic E-state index is 4.17. The number of hydrogen-bond acceptors (Lipinski definition) is 3. The van der Waals surface area contributed by atoms with Crippen LogP contribution < -0.4 is 0 Å². The molecule has 0 amide bonds. The van der Waals surface area contributed by atoms with E-state index in [-0.39, 0.29) is 7.43 Å². The minimum absolute atomic E-state index is 0. The average molecular weight is 923 g/mol. The van der Waals surface area contributed by atoms with Gasteiger partial charge in [0.05, 0.1) is 17.4 Å². The number of aryl methyl sites for hydroxylation is 12. The van der Waals surface area contributed by atoms with Gasteiger partial charge in [-0.05, 0) is 198 Å². The van der Waals surface area contributed by atoms with E-state index in [4.69, 9.17) is 0 Å². The molecule has 1 aliphatic rings. The van der Waals surface area contributed by atoms with Crippen LogP contribution in [0.3, 0.4) is 0 Å². The first-order valence-corrected chi connectivity index (χ1v) is 24.8. The van der Waals surface area contributed by atoms with Gasteiger partial charge in [-0.25, -0.2) is 4.98 Å². The Hall–Kier alpha value is -6.21. The highest BCUT2D eigenvalue weighted by Crippen LogP contribution is 2.34. The summed E-state index contributed by atoms with van der Waals surface area (Å²) in [5, 5.41) is 6.74. The van der Waals surface area contributed by atoms with Crippen molar-refractivity contribution in [1.29, 1.82) is 0 Å². The molecule has 0 aliphatic heterocycles. The van der Waals surface area contributed by atoms with E-state index in [9.17, 15) is 0 Å². The monoisotopic (exact) mass is 923 g/mol. The lowest BCUT2D eigenvalue weighted by molar-refractivity contribution is 0.910. The highest BCUT2D eigenvalue weighted by atomic mass is 32.1. The molecule has 67 heavy (non-hydrogen) atoms. The predicted molar refractivity (Wildman–Crippen MR) is 298 cm³/mol. The topological polar surface area (TPSA) is 49.4 Å². The van der Waals surface area contributed by atoms with Crippen molar-refractivity contribution in [3.63, 3.8) is 0 Å². The SMILES string of the molecule is C.Cc1[nH]c2ccccc2c1C.Cc1cc2ccccc2cc1C.Cc1cc2ccccc2n1C.Cc1cc2nc[nH]c2cc1C.Cc1sc2c(c1C)CCC2.Cc1sc2ccccc2c1C. The van der Waals surface area contributed by atoms with Crippen LogP contribution in [0.5, 0.6) is 0 Å². The van der Waals surface area contributed by atoms with Crippen molar-refractivity contribution in [3.8, 4) is 0 Å². The van der Waals surface area contributed by atoms with Gasteiger partial charge in [-0.3, -0.25) is 0 Å². The van der Waals surface area contributed by atoms with Crippen LogP contribution in [0.15, 0.2) is 134 Å². The fourth-order valence-corrected chi connectivity index (χ4v) is 10.8. The third-order valence-corrected chi connectivity index (χ3v) is 15.8. The van der Waals surface area contributed by atoms with Crippen LogP contribution in [0.1, 0.15) is 84.4 Å². The smallest absolute Gasteiger partial charge is 0.0931 e. The van der Waals surface area contributed by atoms with E-state index in [1.54, 1.807) is 22.3 Å². The molecule has 0 spiro atoms. The number of fused-ring (bicyclic) bond motifs is 6. The number of para-hydroxylation sites is 2. The van der Waals surface area contributed by atoms with Gasteiger partial charge in [-0.15, -0.1) is 22.7 Å². The molecule has 0 saturated carbocycles. The fourth-order valence-electron chi connectivity index (χ4n) is 8.50. The first-order chi connectivity index (χ1) is 31.7. The zero-order valence-corrected chi connectivity index (χ0v) is 42.7. The molecule has 12 rings (SSSR count). The largest absolute Gasteiger partial charge is 0.358 e. The molecule has 2 N–H and O–H groups in total. The number of hydrogen-bond donors (Lipinski definition) is 2. The summed E-state index contributed by atoms with van der Waals surface area (Å²) >= 11 is 3.88. The summed E-state index contributed by atoms with van der Waals surface area (Å²) in [6, 6.07) is 44.7. The Balaban J connectivity index is 0.000000132. The molecule has 1 aliphatic carbocycles. The van der Waals surface area contributed by atoms with Crippen LogP contribution in [0.25, 0.3) is 53.7 Å². The number of H-pyrrole nitrogens is 2. The Morgan fingerprint density at radius 2 is 1.09 bits per heavy atom. The molecular formula is C61H70N4S2. The Labute approximate surface area is 407 Å². The predicted octanol–water partition coefficient (Wildman–Crippen LogP) is 17.9. The van der Waals surface area contributed by atoms with Crippen LogP contribution in [0.2, 0.25) is 0 Å². The molecule has 5 heterocycles. The fraction of sp³-hybridized carbons (Fsp3) is 0.262. The Morgan fingerprint density at radius 1 is 0.522 bits per heavy atom. The van der Waals surface area contributed by atoms with Crippen molar-refractivity contribution in [2.24, 2.45) is 7.05 Å². The number of aromatic nitrogens is 4. The van der Waals surface area contributed by atoms with Crippen molar-refractivity contribution in [1.82, 2.24) is 19.5 Å². The van der Waals surface area contributed by atoms with Crippen LogP contribution >= 0.6 is 22.7 Å². The standard InChI is InChI=1S/C12H12.2C10H11N.C10H10S.C9H10N2.C9H12S.CH4/c1-9-7-11-5-3-4-6-12(11)8-10(9)2;1-8-7-9-5-3-4-6-10(9)11(8)2;2*1-7-8(2)11-10-6-4-3-5-9(7)10;1-6-3-8-9(4-7(6)2)11-5-10-8;1-6-7(2)10-9-5-3-4-8(6)9;/h3-8H,1-2H3;3-7H,1-2H3;3-6,11H,1-2H3;3-6H,1-2H3;3-5H,1-2H3,(H,10,11);3-5H2,1-2H3;1H4. The summed E-state index contributed by atoms with van der Waals surface area (Å²) in [4.78, 5) is 15.2. The quantitative estimate of drug-likeness (QED) is 0.156. The highest BCUT2D eigenvalue weighted by molar-refractivity contribution is 7.19. The maximum absolute atomic E-state index is 4.17. The van der Waals surface area contributed by atoms with Gasteiger partial charge in [0.15, 0.2) is 0 Å². The third-order valence-electron chi connectivity index (χ3n) is 13.3. The van der Waals surface area contributed by atoms with Crippen molar-refractivity contribution in [3.05, 3.63) is 204 Å². The van der Waals surface area contributed by atoms with Gasteiger partial charge in [-0.2, -0.15) is 0 Å². The van der Waals surface area contributed by atoms with Gasteiger partial charge >= 0.3 is 0 Å². The summed E-state index contributed by atoms with van der Waals surface area (Å²) < 4.78 is 3.61. The van der Waals surface area contributed by atoms with E-state index in [1.807, 2.05) is 22.7 Å². The minimum atomic E-state index is 0. The summed E-state index contributed by atoms with van der Waals surface area (Å²) in [5.41, 5.74) is 18.7. The van der Waals surface area contributed by atoms with E-state index in [0.29, 0.717) is 0 Å². The molecule has 0 atom stereocenters. The lowest BCUT2D eigenvalue weighted by atomic mass is 10.0. The summed E-state index contributed by atoms with van der Waals surface area (Å²) in [6.07, 6.45) is 5.80. The van der Waals surface area contributed by atoms with Gasteiger partial charge in [-0.1, -0.05) is 98.4 Å². The Morgan fingerprint density at radius 3 is 1.73 bits per heavy atom. The lowest BCUT2D eigenvalue weighted by Crippen LogP contribution is -1.88. The summed E-state index contributed by atoms with van der Waals surface area (Å²) in [6.45, 7) is 23.8. The second-order valence-electron chi connectivity index (χ2n) is 17.8. The normalized spacial score (nSPS) is 11.3. The van der Waals surface area contributed by atoms with Crippen LogP contribution in [0.4, 0.5) is 0 Å². The van der Waals surface area contributed by atoms with E-state index in [2.05, 4.69) is 230 Å². The minimum Gasteiger partial charge on any atom is -0.358 e. The molecule has 6 aromatic carbocycles. The van der Waals surface area contributed by atoms with Crippen LogP contribution in [-0.2, 0) is 19.9 Å². The molecule has 6 heteroatoms. The van der Waals surface area contributed by atoms with Crippen LogP contribution in [0, 0.1) is 76.2 Å². The van der Waals surface area contributed by atoms with Gasteiger partial charge in [0.1, 0.15) is 0 Å². The number of thiophene rings is 2. The molecule has 0 saturated heterocycles. The second kappa shape index (κ2) is 22.5. The Bertz CT molecular complexity index is 3120. The molecule has 0 bridgehead atoms. The molecule has 0 radical (unpaired) electrons. The molecule has 5 aromatic heterocycles. The zero-order chi connectivity index (χ0) is 47.1. The van der Waals surface area contributed by atoms with E-state index in [0.717, 1.165) is 11.0 Å². The van der Waals surface area contributed by atoms with Gasteiger partial charge in [0.25, 0.3) is 0 Å². The van der Waals surface area contributed by atoms with Crippen molar-refractivity contribution < 1.29 is 0 Å². The maximum Gasteiger partial charge on any atom is 0.0931 e. The summed E-state index contributed by atoms with van der Waals surface area (Å²) in [7, 11) is 2.09. The van der Waals surface area contributed by atoms with Crippen LogP contribution in [-0.4, -0.2) is 19.5 Å². The molecule has 4 nitrogen and oxygen atoms in total. The van der Waals surface area contributed by atoms with E-state index in [1.165, 1.54) is 116 Å². The average Bonchev–Trinajstić information content (AvgIpc) is 4.18. The third kappa shape index (κ3) is 11.9. The Kier molecular flexibility index (Phi) is 16.9. The van der Waals surface area contributed by atoms with Crippen molar-refractivity contribution >= 4 is 76.4 Å². The number of rotatable bonds is 0. The number of nitrogens with zero attached hydrogens (tertiary/aromatic N) is 2. The lowest BCUT2D eigenvalue weighted by Gasteiger charge is -2.02. The highest BCUT2D eigenvalue weighted by Gasteiger charge is 2.16. The first kappa shape index (κ1) is 50.2. The summed E-state index contributed by atoms with van der Waals surface area (Å²) in [5.74, 6) is 0. The molecule has 0 unspecified atom stereocenters. The number of imidazole rings is 1. The van der Waals surface area contributed by atoms with Crippen molar-refractivity contribution in [2.45, 2.75) is 103 Å². The first-order valence-electron chi connectivity index (χ1n) is 23.1.